The largest absolute Gasteiger partial charge is 0.490 e. The molecule has 15 heteroatoms. The molecular formula is C29H33F3N6O6. The molecule has 0 radical (unpaired) electrons. The zero-order valence-electron chi connectivity index (χ0n) is 24.3. The van der Waals surface area contributed by atoms with Crippen LogP contribution < -0.4 is 31.4 Å². The van der Waals surface area contributed by atoms with Gasteiger partial charge in [0.25, 0.3) is 11.8 Å². The van der Waals surface area contributed by atoms with E-state index >= 15 is 0 Å². The number of alkyl halides is 3. The maximum atomic E-state index is 13.3. The minimum Gasteiger partial charge on any atom is -0.490 e. The van der Waals surface area contributed by atoms with Crippen LogP contribution in [0, 0.1) is 12.3 Å². The van der Waals surface area contributed by atoms with Gasteiger partial charge in [-0.15, -0.1) is 0 Å². The number of nitrogen functional groups attached to an aromatic ring is 1. The van der Waals surface area contributed by atoms with Crippen molar-refractivity contribution in [3.8, 4) is 11.5 Å². The Balaban J connectivity index is 0.000000860. The molecule has 2 aromatic carbocycles. The lowest BCUT2D eigenvalue weighted by atomic mass is 10.0. The molecule has 3 rings (SSSR count). The number of nitrogens with two attached hydrogens (primary N) is 1. The minimum atomic E-state index is -5.08. The molecule has 7 N–H and O–H groups in total. The number of carboxylic acid groups (broad SMARTS) is 1. The predicted octanol–water partition coefficient (Wildman–Crippen LogP) is 4.11. The highest BCUT2D eigenvalue weighted by atomic mass is 19.4. The number of carbonyl (C=O) groups is 3. The van der Waals surface area contributed by atoms with E-state index in [-0.39, 0.29) is 11.9 Å². The molecule has 1 aromatic heterocycles. The first kappa shape index (κ1) is 34.9. The lowest BCUT2D eigenvalue weighted by molar-refractivity contribution is -0.192. The van der Waals surface area contributed by atoms with Gasteiger partial charge in [-0.2, -0.15) is 13.2 Å². The third-order valence-corrected chi connectivity index (χ3v) is 5.54. The van der Waals surface area contributed by atoms with Crippen LogP contribution in [0.15, 0.2) is 60.9 Å². The van der Waals surface area contributed by atoms with E-state index in [0.717, 1.165) is 0 Å². The van der Waals surface area contributed by atoms with Crippen molar-refractivity contribution in [3.05, 3.63) is 83.2 Å². The number of halogens is 3. The van der Waals surface area contributed by atoms with E-state index in [1.807, 2.05) is 20.8 Å². The van der Waals surface area contributed by atoms with Crippen molar-refractivity contribution in [3.63, 3.8) is 0 Å². The number of carbonyl (C=O) groups excluding carboxylic acids is 2. The number of aliphatic carboxylic acids is 1. The van der Waals surface area contributed by atoms with Gasteiger partial charge in [0.05, 0.1) is 12.7 Å². The summed E-state index contributed by atoms with van der Waals surface area (Å²) in [6, 6.07) is 12.7. The van der Waals surface area contributed by atoms with Gasteiger partial charge in [-0.1, -0.05) is 6.07 Å². The average Bonchev–Trinajstić information content (AvgIpc) is 2.95. The van der Waals surface area contributed by atoms with Gasteiger partial charge in [-0.05, 0) is 81.3 Å². The molecule has 0 aliphatic carbocycles. The number of pyridine rings is 1. The number of hydrazine groups is 1. The average molecular weight is 619 g/mol. The number of nitrogens with zero attached hydrogens (tertiary/aromatic N) is 1. The smallest absolute Gasteiger partial charge is 0.490 e. The van der Waals surface area contributed by atoms with Gasteiger partial charge < -0.3 is 25.6 Å². The quantitative estimate of drug-likeness (QED) is 0.110. The molecule has 0 spiro atoms. The Morgan fingerprint density at radius 2 is 1.68 bits per heavy atom. The van der Waals surface area contributed by atoms with E-state index in [2.05, 4.69) is 21.2 Å². The molecular weight excluding hydrogens is 585 g/mol. The molecule has 12 nitrogen and oxygen atoms in total. The molecule has 1 unspecified atom stereocenters. The highest BCUT2D eigenvalue weighted by molar-refractivity contribution is 5.97. The van der Waals surface area contributed by atoms with Gasteiger partial charge in [0.1, 0.15) is 11.9 Å². The van der Waals surface area contributed by atoms with E-state index in [9.17, 15) is 22.8 Å². The number of aryl methyl sites for hydroxylation is 1. The Kier molecular flexibility index (Phi) is 12.5. The Hall–Kier alpha value is -5.34. The van der Waals surface area contributed by atoms with Gasteiger partial charge in [-0.3, -0.25) is 30.8 Å². The lowest BCUT2D eigenvalue weighted by Crippen LogP contribution is -2.45. The number of amidine groups is 1. The molecule has 0 saturated heterocycles. The highest BCUT2D eigenvalue weighted by Crippen LogP contribution is 2.33. The maximum absolute atomic E-state index is 13.3. The molecule has 0 aliphatic heterocycles. The van der Waals surface area contributed by atoms with E-state index in [4.69, 9.17) is 30.5 Å². The van der Waals surface area contributed by atoms with Crippen molar-refractivity contribution >= 4 is 29.3 Å². The van der Waals surface area contributed by atoms with Crippen molar-refractivity contribution in [2.24, 2.45) is 5.73 Å². The summed E-state index contributed by atoms with van der Waals surface area (Å²) >= 11 is 0. The number of hydrogen-bond donors (Lipinski definition) is 6. The van der Waals surface area contributed by atoms with Crippen LogP contribution in [-0.4, -0.2) is 52.6 Å². The number of rotatable bonds is 10. The van der Waals surface area contributed by atoms with Crippen LogP contribution in [0.2, 0.25) is 0 Å². The summed E-state index contributed by atoms with van der Waals surface area (Å²) in [4.78, 5) is 38.9. The van der Waals surface area contributed by atoms with E-state index in [1.165, 1.54) is 6.20 Å². The standard InChI is InChI=1S/C27H32N6O4.C2HF3O2/c1-5-36-23-14-19(8-11-22(23)37-16(2)3)24(31-20-9-6-18(7-10-20)25(28)29)27(35)33-32-26(34)21-12-13-30-15-17(21)4;3-2(4,5)1(6)7/h6-16,24,31H,5H2,1-4H3,(H3,28,29)(H,32,34)(H,33,35);(H,6,7). The van der Waals surface area contributed by atoms with Gasteiger partial charge in [0.2, 0.25) is 0 Å². The predicted molar refractivity (Wildman–Crippen MR) is 155 cm³/mol. The number of nitrogens with one attached hydrogen (secondary N) is 4. The minimum absolute atomic E-state index is 0.0583. The van der Waals surface area contributed by atoms with Crippen molar-refractivity contribution in [2.45, 2.75) is 46.0 Å². The first-order valence-corrected chi connectivity index (χ1v) is 13.1. The van der Waals surface area contributed by atoms with Gasteiger partial charge in [0, 0.05) is 29.2 Å². The third kappa shape index (κ3) is 10.5. The van der Waals surface area contributed by atoms with Crippen LogP contribution in [0.25, 0.3) is 0 Å². The first-order chi connectivity index (χ1) is 20.6. The molecule has 0 aliphatic rings. The molecule has 44 heavy (non-hydrogen) atoms. The van der Waals surface area contributed by atoms with Gasteiger partial charge in [-0.25, -0.2) is 4.79 Å². The van der Waals surface area contributed by atoms with Gasteiger partial charge in [0.15, 0.2) is 11.5 Å². The number of carboxylic acids is 1. The monoisotopic (exact) mass is 618 g/mol. The fraction of sp³-hybridized carbons (Fsp3) is 0.276. The van der Waals surface area contributed by atoms with Crippen molar-refractivity contribution in [1.29, 1.82) is 5.41 Å². The first-order valence-electron chi connectivity index (χ1n) is 13.1. The number of aromatic nitrogens is 1. The van der Waals surface area contributed by atoms with Crippen LogP contribution >= 0.6 is 0 Å². The highest BCUT2D eigenvalue weighted by Gasteiger charge is 2.38. The van der Waals surface area contributed by atoms with Crippen LogP contribution in [0.5, 0.6) is 11.5 Å². The maximum Gasteiger partial charge on any atom is 0.490 e. The molecule has 0 bridgehead atoms. The number of ether oxygens (including phenoxy) is 2. The summed E-state index contributed by atoms with van der Waals surface area (Å²) < 4.78 is 43.4. The molecule has 0 fully saturated rings. The summed E-state index contributed by atoms with van der Waals surface area (Å²) in [6.45, 7) is 7.87. The number of benzene rings is 2. The molecule has 1 heterocycles. The van der Waals surface area contributed by atoms with E-state index in [0.29, 0.717) is 46.0 Å². The van der Waals surface area contributed by atoms with Crippen LogP contribution in [0.1, 0.15) is 53.9 Å². The normalized spacial score (nSPS) is 11.4. The Labute approximate surface area is 251 Å². The van der Waals surface area contributed by atoms with Gasteiger partial charge >= 0.3 is 12.1 Å². The zero-order valence-corrected chi connectivity index (χ0v) is 24.3. The van der Waals surface area contributed by atoms with Crippen LogP contribution in [-0.2, 0) is 9.59 Å². The van der Waals surface area contributed by atoms with Crippen molar-refractivity contribution < 1.29 is 42.1 Å². The number of anilines is 1. The SMILES string of the molecule is CCOc1cc(C(Nc2ccc(C(=N)N)cc2)C(=O)NNC(=O)c2ccncc2C)ccc1OC(C)C.O=C(O)C(F)(F)F. The Morgan fingerprint density at radius 1 is 1.05 bits per heavy atom. The third-order valence-electron chi connectivity index (χ3n) is 5.54. The summed E-state index contributed by atoms with van der Waals surface area (Å²) in [5.41, 5.74) is 13.4. The fourth-order valence-electron chi connectivity index (χ4n) is 3.52. The molecule has 0 saturated carbocycles. The Bertz CT molecular complexity index is 1460. The summed E-state index contributed by atoms with van der Waals surface area (Å²) in [7, 11) is 0. The zero-order chi connectivity index (χ0) is 33.0. The van der Waals surface area contributed by atoms with E-state index < -0.39 is 30.0 Å². The van der Waals surface area contributed by atoms with E-state index in [1.54, 1.807) is 61.7 Å². The molecule has 3 aromatic rings. The summed E-state index contributed by atoms with van der Waals surface area (Å²) in [5.74, 6) is -2.72. The second kappa shape index (κ2) is 15.8. The lowest BCUT2D eigenvalue weighted by Gasteiger charge is -2.22. The molecule has 2 amide bonds. The van der Waals surface area contributed by atoms with Crippen LogP contribution in [0.3, 0.4) is 0 Å². The molecule has 1 atom stereocenters. The number of hydrogen-bond acceptors (Lipinski definition) is 8. The summed E-state index contributed by atoms with van der Waals surface area (Å²) in [6.07, 6.45) is -2.06. The van der Waals surface area contributed by atoms with Crippen LogP contribution in [0.4, 0.5) is 18.9 Å². The Morgan fingerprint density at radius 3 is 2.20 bits per heavy atom. The second-order valence-corrected chi connectivity index (χ2v) is 9.31. The molecule has 236 valence electrons. The van der Waals surface area contributed by atoms with Crippen molar-refractivity contribution in [2.75, 3.05) is 11.9 Å². The second-order valence-electron chi connectivity index (χ2n) is 9.31. The fourth-order valence-corrected chi connectivity index (χ4v) is 3.52. The summed E-state index contributed by atoms with van der Waals surface area (Å²) in [5, 5.41) is 17.9. The number of amides is 2. The topological polar surface area (TPSA) is 189 Å². The van der Waals surface area contributed by atoms with Crippen molar-refractivity contribution in [1.82, 2.24) is 15.8 Å².